The molecule has 0 spiro atoms. The molecule has 1 aromatic carbocycles. The highest BCUT2D eigenvalue weighted by atomic mass is 79.9. The Bertz CT molecular complexity index is 252. The highest BCUT2D eigenvalue weighted by Gasteiger charge is 2.04. The van der Waals surface area contributed by atoms with Crippen molar-refractivity contribution in [3.05, 3.63) is 29.3 Å². The number of rotatable bonds is 3. The average molecular weight is 250 g/mol. The second kappa shape index (κ2) is 4.73. The number of hydrogen-bond acceptors (Lipinski definition) is 1. The molecule has 0 N–H and O–H groups in total. The maximum absolute atomic E-state index is 5.88. The van der Waals surface area contributed by atoms with Gasteiger partial charge < -0.3 is 4.74 Å². The third kappa shape index (κ3) is 2.68. The summed E-state index contributed by atoms with van der Waals surface area (Å²) in [5.74, 6) is 0.742. The van der Waals surface area contributed by atoms with E-state index in [1.165, 1.54) is 0 Å². The van der Waals surface area contributed by atoms with Crippen molar-refractivity contribution >= 4 is 27.5 Å². The normalized spacial score (nSPS) is 12.6. The van der Waals surface area contributed by atoms with Crippen LogP contribution in [0.15, 0.2) is 24.3 Å². The zero-order valence-electron chi connectivity index (χ0n) is 6.76. The molecule has 1 atom stereocenters. The van der Waals surface area contributed by atoms with Crippen LogP contribution in [0.3, 0.4) is 0 Å². The van der Waals surface area contributed by atoms with E-state index >= 15 is 0 Å². The van der Waals surface area contributed by atoms with Gasteiger partial charge in [-0.25, -0.2) is 0 Å². The van der Waals surface area contributed by atoms with E-state index < -0.39 is 0 Å². The van der Waals surface area contributed by atoms with Crippen molar-refractivity contribution in [3.8, 4) is 5.75 Å². The minimum atomic E-state index is 0.143. The van der Waals surface area contributed by atoms with Crippen LogP contribution < -0.4 is 4.74 Å². The van der Waals surface area contributed by atoms with Crippen molar-refractivity contribution in [2.24, 2.45) is 0 Å². The van der Waals surface area contributed by atoms with E-state index in [1.54, 1.807) is 0 Å². The number of para-hydroxylation sites is 1. The highest BCUT2D eigenvalue weighted by molar-refractivity contribution is 9.09. The van der Waals surface area contributed by atoms with E-state index in [0.29, 0.717) is 5.02 Å². The summed E-state index contributed by atoms with van der Waals surface area (Å²) in [7, 11) is 0. The largest absolute Gasteiger partial charge is 0.488 e. The molecule has 0 bridgehead atoms. The lowest BCUT2D eigenvalue weighted by atomic mass is 10.3. The molecule has 0 aromatic heterocycles. The summed E-state index contributed by atoms with van der Waals surface area (Å²) in [5, 5.41) is 1.46. The summed E-state index contributed by atoms with van der Waals surface area (Å²) >= 11 is 9.21. The average Bonchev–Trinajstić information content (AvgIpc) is 2.09. The van der Waals surface area contributed by atoms with Crippen molar-refractivity contribution in [1.82, 2.24) is 0 Å². The summed E-state index contributed by atoms with van der Waals surface area (Å²) in [6.07, 6.45) is 0.143. The summed E-state index contributed by atoms with van der Waals surface area (Å²) in [4.78, 5) is 0. The first-order valence-corrected chi connectivity index (χ1v) is 5.21. The van der Waals surface area contributed by atoms with Gasteiger partial charge in [-0.15, -0.1) is 0 Å². The lowest BCUT2D eigenvalue weighted by Gasteiger charge is -2.12. The first kappa shape index (κ1) is 9.87. The fourth-order valence-corrected chi connectivity index (χ4v) is 1.10. The number of alkyl halides is 1. The number of benzene rings is 1. The summed E-state index contributed by atoms with van der Waals surface area (Å²) in [6, 6.07) is 7.47. The van der Waals surface area contributed by atoms with Crippen molar-refractivity contribution in [2.75, 3.05) is 5.33 Å². The third-order valence-electron chi connectivity index (χ3n) is 1.38. The van der Waals surface area contributed by atoms with Crippen molar-refractivity contribution < 1.29 is 4.74 Å². The smallest absolute Gasteiger partial charge is 0.138 e. The van der Waals surface area contributed by atoms with E-state index in [9.17, 15) is 0 Å². The molecule has 1 nitrogen and oxygen atoms in total. The van der Waals surface area contributed by atoms with Crippen LogP contribution in [-0.2, 0) is 0 Å². The molecule has 0 amide bonds. The van der Waals surface area contributed by atoms with Gasteiger partial charge in [0.15, 0.2) is 0 Å². The van der Waals surface area contributed by atoms with Crippen LogP contribution in [0.1, 0.15) is 6.92 Å². The molecule has 1 aromatic rings. The Morgan fingerprint density at radius 1 is 1.50 bits per heavy atom. The molecule has 0 saturated carbocycles. The van der Waals surface area contributed by atoms with Crippen LogP contribution >= 0.6 is 27.5 Å². The molecule has 66 valence electrons. The fraction of sp³-hybridized carbons (Fsp3) is 0.333. The standard InChI is InChI=1S/C9H10BrClO/c1-7(6-10)12-9-5-3-2-4-8(9)11/h2-5,7H,6H2,1H3/t7-/m1/s1. The molecule has 12 heavy (non-hydrogen) atoms. The lowest BCUT2D eigenvalue weighted by Crippen LogP contribution is -2.12. The molecule has 0 aliphatic rings. The highest BCUT2D eigenvalue weighted by Crippen LogP contribution is 2.24. The van der Waals surface area contributed by atoms with Crippen molar-refractivity contribution in [2.45, 2.75) is 13.0 Å². The summed E-state index contributed by atoms with van der Waals surface area (Å²) < 4.78 is 5.52. The molecule has 0 aliphatic carbocycles. The van der Waals surface area contributed by atoms with E-state index in [1.807, 2.05) is 31.2 Å². The van der Waals surface area contributed by atoms with Crippen LogP contribution in [0.4, 0.5) is 0 Å². The van der Waals surface area contributed by atoms with Crippen molar-refractivity contribution in [3.63, 3.8) is 0 Å². The van der Waals surface area contributed by atoms with Gasteiger partial charge in [0, 0.05) is 5.33 Å². The maximum atomic E-state index is 5.88. The van der Waals surface area contributed by atoms with Gasteiger partial charge in [0.2, 0.25) is 0 Å². The minimum absolute atomic E-state index is 0.143. The zero-order chi connectivity index (χ0) is 8.97. The van der Waals surface area contributed by atoms with E-state index in [2.05, 4.69) is 15.9 Å². The van der Waals surface area contributed by atoms with Gasteiger partial charge in [-0.2, -0.15) is 0 Å². The van der Waals surface area contributed by atoms with E-state index in [0.717, 1.165) is 11.1 Å². The zero-order valence-corrected chi connectivity index (χ0v) is 9.10. The predicted octanol–water partition coefficient (Wildman–Crippen LogP) is 3.50. The van der Waals surface area contributed by atoms with Gasteiger partial charge in [-0.3, -0.25) is 0 Å². The minimum Gasteiger partial charge on any atom is -0.488 e. The molecule has 0 unspecified atom stereocenters. The Labute approximate surface area is 85.8 Å². The monoisotopic (exact) mass is 248 g/mol. The van der Waals surface area contributed by atoms with Gasteiger partial charge in [-0.1, -0.05) is 39.7 Å². The van der Waals surface area contributed by atoms with Crippen LogP contribution in [0.5, 0.6) is 5.75 Å². The molecule has 1 rings (SSSR count). The van der Waals surface area contributed by atoms with Crippen LogP contribution in [-0.4, -0.2) is 11.4 Å². The van der Waals surface area contributed by atoms with Crippen LogP contribution in [0.2, 0.25) is 5.02 Å². The van der Waals surface area contributed by atoms with Gasteiger partial charge in [-0.05, 0) is 19.1 Å². The Kier molecular flexibility index (Phi) is 3.89. The SMILES string of the molecule is C[C@H](CBr)Oc1ccccc1Cl. The molecule has 0 saturated heterocycles. The van der Waals surface area contributed by atoms with E-state index in [-0.39, 0.29) is 6.10 Å². The summed E-state index contributed by atoms with van der Waals surface area (Å²) in [6.45, 7) is 1.98. The van der Waals surface area contributed by atoms with Gasteiger partial charge in [0.25, 0.3) is 0 Å². The molecule has 0 radical (unpaired) electrons. The third-order valence-corrected chi connectivity index (χ3v) is 2.61. The maximum Gasteiger partial charge on any atom is 0.138 e. The molecule has 0 fully saturated rings. The predicted molar refractivity (Wildman–Crippen MR) is 55.3 cm³/mol. The molecule has 3 heteroatoms. The molecule has 0 heterocycles. The Morgan fingerprint density at radius 2 is 2.17 bits per heavy atom. The van der Waals surface area contributed by atoms with Crippen molar-refractivity contribution in [1.29, 1.82) is 0 Å². The number of ether oxygens (including phenoxy) is 1. The first-order valence-electron chi connectivity index (χ1n) is 3.71. The van der Waals surface area contributed by atoms with Gasteiger partial charge >= 0.3 is 0 Å². The Balaban J connectivity index is 2.69. The Morgan fingerprint density at radius 3 is 2.75 bits per heavy atom. The van der Waals surface area contributed by atoms with Gasteiger partial charge in [0.1, 0.15) is 11.9 Å². The molecule has 0 aliphatic heterocycles. The molecular formula is C9H10BrClO. The van der Waals surface area contributed by atoms with E-state index in [4.69, 9.17) is 16.3 Å². The van der Waals surface area contributed by atoms with Crippen LogP contribution in [0.25, 0.3) is 0 Å². The van der Waals surface area contributed by atoms with Gasteiger partial charge in [0.05, 0.1) is 5.02 Å². The lowest BCUT2D eigenvalue weighted by molar-refractivity contribution is 0.248. The summed E-state index contributed by atoms with van der Waals surface area (Å²) in [5.41, 5.74) is 0. The molecular weight excluding hydrogens is 239 g/mol. The Hall–Kier alpha value is -0.210. The second-order valence-electron chi connectivity index (χ2n) is 2.51. The number of halogens is 2. The first-order chi connectivity index (χ1) is 5.74. The number of hydrogen-bond donors (Lipinski definition) is 0. The fourth-order valence-electron chi connectivity index (χ4n) is 0.789. The second-order valence-corrected chi connectivity index (χ2v) is 3.57. The quantitative estimate of drug-likeness (QED) is 0.745. The topological polar surface area (TPSA) is 9.23 Å². The van der Waals surface area contributed by atoms with Crippen LogP contribution in [0, 0.1) is 0 Å².